The van der Waals surface area contributed by atoms with Crippen LogP contribution < -0.4 is 10.0 Å². The average Bonchev–Trinajstić information content (AvgIpc) is 3.15. The zero-order chi connectivity index (χ0) is 24.0. The summed E-state index contributed by atoms with van der Waals surface area (Å²) in [6, 6.07) is 9.19. The van der Waals surface area contributed by atoms with Gasteiger partial charge in [0.15, 0.2) is 5.13 Å². The normalized spacial score (nSPS) is 10.9. The summed E-state index contributed by atoms with van der Waals surface area (Å²) in [6.45, 7) is 1.37. The van der Waals surface area contributed by atoms with E-state index in [0.29, 0.717) is 38.8 Å². The standard InChI is InChI=1S/C22H20ClN3O5S2/c1-14(27)24-22-25-19-11-9-17(13-20(19)32-22)33(29,30)26-18-10-8-16(23)12-15(18)6-4-3-5-7-21(28)31-2/h8-13,26H,3,5,7H2,1-2H3,(H,24,25,27). The lowest BCUT2D eigenvalue weighted by Crippen LogP contribution is -2.13. The van der Waals surface area contributed by atoms with E-state index in [2.05, 4.69) is 31.6 Å². The van der Waals surface area contributed by atoms with Crippen molar-refractivity contribution in [3.63, 3.8) is 0 Å². The van der Waals surface area contributed by atoms with Gasteiger partial charge in [-0.05, 0) is 42.8 Å². The number of nitrogens with zero attached hydrogens (tertiary/aromatic N) is 1. The molecule has 8 nitrogen and oxygen atoms in total. The molecule has 0 aliphatic heterocycles. The fourth-order valence-electron chi connectivity index (χ4n) is 2.77. The van der Waals surface area contributed by atoms with Crippen molar-refractivity contribution in [3.05, 3.63) is 47.0 Å². The van der Waals surface area contributed by atoms with Gasteiger partial charge in [-0.2, -0.15) is 0 Å². The number of carbonyl (C=O) groups is 2. The van der Waals surface area contributed by atoms with Crippen LogP contribution in [-0.4, -0.2) is 32.4 Å². The SMILES string of the molecule is COC(=O)CCCC#Cc1cc(Cl)ccc1NS(=O)(=O)c1ccc2nc(NC(C)=O)sc2c1. The highest BCUT2D eigenvalue weighted by atomic mass is 35.5. The van der Waals surface area contributed by atoms with E-state index < -0.39 is 10.0 Å². The molecule has 0 unspecified atom stereocenters. The number of halogens is 1. The van der Waals surface area contributed by atoms with E-state index in [0.717, 1.165) is 0 Å². The smallest absolute Gasteiger partial charge is 0.305 e. The molecule has 3 aromatic rings. The molecule has 0 saturated heterocycles. The van der Waals surface area contributed by atoms with Crippen LogP contribution >= 0.6 is 22.9 Å². The van der Waals surface area contributed by atoms with Crippen LogP contribution in [0.1, 0.15) is 31.7 Å². The second kappa shape index (κ2) is 10.7. The zero-order valence-corrected chi connectivity index (χ0v) is 20.2. The molecular weight excluding hydrogens is 486 g/mol. The Morgan fingerprint density at radius 1 is 1.21 bits per heavy atom. The molecule has 0 radical (unpaired) electrons. The number of ether oxygens (including phenoxy) is 1. The Morgan fingerprint density at radius 3 is 2.73 bits per heavy atom. The van der Waals surface area contributed by atoms with Crippen molar-refractivity contribution in [2.45, 2.75) is 31.1 Å². The lowest BCUT2D eigenvalue weighted by atomic mass is 10.1. The number of fused-ring (bicyclic) bond motifs is 1. The molecule has 33 heavy (non-hydrogen) atoms. The molecule has 2 N–H and O–H groups in total. The van der Waals surface area contributed by atoms with E-state index in [1.54, 1.807) is 24.3 Å². The predicted octanol–water partition coefficient (Wildman–Crippen LogP) is 4.40. The Labute approximate surface area is 200 Å². The number of hydrogen-bond acceptors (Lipinski definition) is 7. The van der Waals surface area contributed by atoms with Crippen LogP contribution in [0.4, 0.5) is 10.8 Å². The average molecular weight is 506 g/mol. The number of anilines is 2. The summed E-state index contributed by atoms with van der Waals surface area (Å²) in [4.78, 5) is 26.7. The van der Waals surface area contributed by atoms with E-state index in [-0.39, 0.29) is 28.9 Å². The lowest BCUT2D eigenvalue weighted by molar-refractivity contribution is -0.140. The number of aromatic nitrogens is 1. The Kier molecular flexibility index (Phi) is 7.92. The van der Waals surface area contributed by atoms with Crippen molar-refractivity contribution in [2.75, 3.05) is 17.1 Å². The number of esters is 1. The third kappa shape index (κ3) is 6.68. The minimum Gasteiger partial charge on any atom is -0.469 e. The van der Waals surface area contributed by atoms with Crippen LogP contribution in [-0.2, 0) is 24.3 Å². The molecule has 0 aliphatic carbocycles. The molecule has 172 valence electrons. The number of amides is 1. The van der Waals surface area contributed by atoms with Crippen LogP contribution in [0.2, 0.25) is 5.02 Å². The Morgan fingerprint density at radius 2 is 2.00 bits per heavy atom. The minimum absolute atomic E-state index is 0.0416. The molecule has 0 atom stereocenters. The van der Waals surface area contributed by atoms with Gasteiger partial charge in [0, 0.05) is 24.8 Å². The molecule has 11 heteroatoms. The van der Waals surface area contributed by atoms with E-state index in [1.165, 1.54) is 37.5 Å². The summed E-state index contributed by atoms with van der Waals surface area (Å²) < 4.78 is 33.8. The van der Waals surface area contributed by atoms with Crippen molar-refractivity contribution in [1.29, 1.82) is 0 Å². The summed E-state index contributed by atoms with van der Waals surface area (Å²) >= 11 is 7.25. The van der Waals surface area contributed by atoms with Crippen molar-refractivity contribution in [2.24, 2.45) is 0 Å². The highest BCUT2D eigenvalue weighted by Crippen LogP contribution is 2.29. The first kappa shape index (κ1) is 24.5. The van der Waals surface area contributed by atoms with Gasteiger partial charge in [-0.25, -0.2) is 13.4 Å². The van der Waals surface area contributed by atoms with Gasteiger partial charge in [0.25, 0.3) is 10.0 Å². The maximum atomic E-state index is 13.0. The van der Waals surface area contributed by atoms with Gasteiger partial charge in [0.2, 0.25) is 5.91 Å². The highest BCUT2D eigenvalue weighted by Gasteiger charge is 2.18. The molecule has 0 spiro atoms. The molecule has 1 heterocycles. The minimum atomic E-state index is -3.93. The van der Waals surface area contributed by atoms with E-state index in [1.807, 2.05) is 0 Å². The summed E-state index contributed by atoms with van der Waals surface area (Å²) in [6.07, 6.45) is 1.22. The fraction of sp³-hybridized carbons (Fsp3) is 0.227. The Hall–Kier alpha value is -3.13. The largest absolute Gasteiger partial charge is 0.469 e. The number of unbranched alkanes of at least 4 members (excludes halogenated alkanes) is 1. The first-order valence-corrected chi connectivity index (χ1v) is 12.4. The maximum Gasteiger partial charge on any atom is 0.305 e. The van der Waals surface area contributed by atoms with Crippen LogP contribution in [0.25, 0.3) is 10.2 Å². The quantitative estimate of drug-likeness (QED) is 0.279. The summed E-state index contributed by atoms with van der Waals surface area (Å²) in [5.41, 5.74) is 1.27. The van der Waals surface area contributed by atoms with E-state index in [4.69, 9.17) is 11.6 Å². The van der Waals surface area contributed by atoms with Gasteiger partial charge in [-0.1, -0.05) is 34.8 Å². The summed E-state index contributed by atoms with van der Waals surface area (Å²) in [5.74, 6) is 5.26. The Balaban J connectivity index is 1.82. The van der Waals surface area contributed by atoms with Gasteiger partial charge >= 0.3 is 5.97 Å². The summed E-state index contributed by atoms with van der Waals surface area (Å²) in [5, 5.41) is 3.39. The van der Waals surface area contributed by atoms with Gasteiger partial charge in [0.1, 0.15) is 0 Å². The topological polar surface area (TPSA) is 114 Å². The number of carbonyl (C=O) groups excluding carboxylic acids is 2. The van der Waals surface area contributed by atoms with Gasteiger partial charge in [-0.3, -0.25) is 14.3 Å². The monoisotopic (exact) mass is 505 g/mol. The Bertz CT molecular complexity index is 1370. The number of benzene rings is 2. The van der Waals surface area contributed by atoms with Crippen molar-refractivity contribution < 1.29 is 22.7 Å². The number of nitrogens with one attached hydrogen (secondary N) is 2. The number of hydrogen-bond donors (Lipinski definition) is 2. The van der Waals surface area contributed by atoms with Gasteiger partial charge in [-0.15, -0.1) is 0 Å². The maximum absolute atomic E-state index is 13.0. The third-order valence-electron chi connectivity index (χ3n) is 4.31. The third-order valence-corrected chi connectivity index (χ3v) is 6.84. The second-order valence-electron chi connectivity index (χ2n) is 6.86. The molecule has 2 aromatic carbocycles. The molecule has 1 aromatic heterocycles. The predicted molar refractivity (Wildman–Crippen MR) is 129 cm³/mol. The highest BCUT2D eigenvalue weighted by molar-refractivity contribution is 7.92. The molecular formula is C22H20ClN3O5S2. The van der Waals surface area contributed by atoms with E-state index in [9.17, 15) is 18.0 Å². The number of methoxy groups -OCH3 is 1. The fourth-order valence-corrected chi connectivity index (χ4v) is 5.07. The van der Waals surface area contributed by atoms with Crippen LogP contribution in [0.5, 0.6) is 0 Å². The molecule has 3 rings (SSSR count). The summed E-state index contributed by atoms with van der Waals surface area (Å²) in [7, 11) is -2.61. The molecule has 0 bridgehead atoms. The van der Waals surface area contributed by atoms with Crippen molar-refractivity contribution in [1.82, 2.24) is 4.98 Å². The molecule has 0 aliphatic rings. The zero-order valence-electron chi connectivity index (χ0n) is 17.8. The van der Waals surface area contributed by atoms with Crippen LogP contribution in [0.3, 0.4) is 0 Å². The molecule has 1 amide bonds. The number of rotatable bonds is 7. The molecule has 0 fully saturated rings. The molecule has 0 saturated carbocycles. The van der Waals surface area contributed by atoms with Crippen LogP contribution in [0.15, 0.2) is 41.3 Å². The van der Waals surface area contributed by atoms with Gasteiger partial charge in [0.05, 0.1) is 33.5 Å². The number of sulfonamides is 1. The van der Waals surface area contributed by atoms with Crippen LogP contribution in [0, 0.1) is 11.8 Å². The first-order valence-electron chi connectivity index (χ1n) is 9.74. The van der Waals surface area contributed by atoms with Crippen molar-refractivity contribution in [3.8, 4) is 11.8 Å². The first-order chi connectivity index (χ1) is 15.7. The van der Waals surface area contributed by atoms with E-state index >= 15 is 0 Å². The second-order valence-corrected chi connectivity index (χ2v) is 10.0. The lowest BCUT2D eigenvalue weighted by Gasteiger charge is -2.10. The number of thiazole rings is 1. The van der Waals surface area contributed by atoms with Crippen molar-refractivity contribution >= 4 is 65.9 Å². The van der Waals surface area contributed by atoms with Gasteiger partial charge < -0.3 is 10.1 Å².